The van der Waals surface area contributed by atoms with E-state index in [0.29, 0.717) is 6.04 Å². The van der Waals surface area contributed by atoms with Crippen LogP contribution in [0.25, 0.3) is 0 Å². The lowest BCUT2D eigenvalue weighted by Gasteiger charge is -2.30. The number of benzene rings is 1. The normalized spacial score (nSPS) is 20.9. The van der Waals surface area contributed by atoms with Crippen molar-refractivity contribution in [3.63, 3.8) is 0 Å². The van der Waals surface area contributed by atoms with Crippen molar-refractivity contribution in [2.45, 2.75) is 25.3 Å². The third kappa shape index (κ3) is 4.74. The summed E-state index contributed by atoms with van der Waals surface area (Å²) < 4.78 is 6.96. The van der Waals surface area contributed by atoms with E-state index in [1.54, 1.807) is 0 Å². The van der Waals surface area contributed by atoms with Crippen molar-refractivity contribution < 1.29 is 4.74 Å². The van der Waals surface area contributed by atoms with E-state index in [-0.39, 0.29) is 0 Å². The Kier molecular flexibility index (Phi) is 5.72. The molecule has 3 nitrogen and oxygen atoms in total. The number of nitrogens with zero attached hydrogens (tertiary/aromatic N) is 1. The number of rotatable bonds is 5. The molecule has 0 aromatic heterocycles. The average molecular weight is 360 g/mol. The Hall–Kier alpha value is -0.330. The summed E-state index contributed by atoms with van der Waals surface area (Å²) in [5.41, 5.74) is 5.96. The molecule has 1 aromatic rings. The van der Waals surface area contributed by atoms with Gasteiger partial charge in [-0.1, -0.05) is 6.07 Å². The number of halogens is 1. The van der Waals surface area contributed by atoms with Gasteiger partial charge in [0, 0.05) is 22.7 Å². The molecule has 1 unspecified atom stereocenters. The molecular formula is C14H21IN2O. The molecule has 0 saturated carbocycles. The standard InChI is InChI=1S/C14H21IN2O/c15-12-4-1-6-14(10-12)18-9-3-8-17-7-2-5-13(16)11-17/h1,4,6,10,13H,2-3,5,7-9,11,16H2. The number of ether oxygens (including phenoxy) is 1. The Morgan fingerprint density at radius 1 is 1.44 bits per heavy atom. The third-order valence-corrected chi connectivity index (χ3v) is 3.90. The van der Waals surface area contributed by atoms with Crippen LogP contribution in [-0.2, 0) is 0 Å². The van der Waals surface area contributed by atoms with E-state index >= 15 is 0 Å². The fraction of sp³-hybridized carbons (Fsp3) is 0.571. The highest BCUT2D eigenvalue weighted by atomic mass is 127. The van der Waals surface area contributed by atoms with Crippen molar-refractivity contribution in [1.82, 2.24) is 4.90 Å². The highest BCUT2D eigenvalue weighted by Crippen LogP contribution is 2.15. The summed E-state index contributed by atoms with van der Waals surface area (Å²) in [5.74, 6) is 0.970. The maximum atomic E-state index is 5.96. The third-order valence-electron chi connectivity index (χ3n) is 3.23. The van der Waals surface area contributed by atoms with Crippen LogP contribution >= 0.6 is 22.6 Å². The molecule has 1 aliphatic heterocycles. The monoisotopic (exact) mass is 360 g/mol. The number of piperidine rings is 1. The fourth-order valence-corrected chi connectivity index (χ4v) is 2.84. The van der Waals surface area contributed by atoms with Crippen molar-refractivity contribution in [1.29, 1.82) is 0 Å². The van der Waals surface area contributed by atoms with Crippen molar-refractivity contribution in [2.75, 3.05) is 26.2 Å². The summed E-state index contributed by atoms with van der Waals surface area (Å²) in [4.78, 5) is 2.45. The van der Waals surface area contributed by atoms with E-state index in [0.717, 1.165) is 31.9 Å². The Morgan fingerprint density at radius 2 is 2.33 bits per heavy atom. The van der Waals surface area contributed by atoms with Crippen LogP contribution in [0.4, 0.5) is 0 Å². The van der Waals surface area contributed by atoms with Gasteiger partial charge in [-0.3, -0.25) is 0 Å². The van der Waals surface area contributed by atoms with Crippen LogP contribution in [0.3, 0.4) is 0 Å². The largest absolute Gasteiger partial charge is 0.494 e. The van der Waals surface area contributed by atoms with Gasteiger partial charge in [0.2, 0.25) is 0 Å². The van der Waals surface area contributed by atoms with Gasteiger partial charge in [0.25, 0.3) is 0 Å². The van der Waals surface area contributed by atoms with E-state index in [9.17, 15) is 0 Å². The predicted octanol–water partition coefficient (Wildman–Crippen LogP) is 2.48. The fourth-order valence-electron chi connectivity index (χ4n) is 2.33. The van der Waals surface area contributed by atoms with Crippen molar-refractivity contribution in [2.24, 2.45) is 5.73 Å². The van der Waals surface area contributed by atoms with E-state index in [2.05, 4.69) is 39.6 Å². The zero-order chi connectivity index (χ0) is 12.8. The molecule has 0 amide bonds. The van der Waals surface area contributed by atoms with Gasteiger partial charge in [0.05, 0.1) is 6.61 Å². The summed E-state index contributed by atoms with van der Waals surface area (Å²) in [6.07, 6.45) is 3.48. The zero-order valence-electron chi connectivity index (χ0n) is 10.6. The first-order chi connectivity index (χ1) is 8.74. The van der Waals surface area contributed by atoms with Gasteiger partial charge in [-0.05, 0) is 66.6 Å². The van der Waals surface area contributed by atoms with E-state index in [4.69, 9.17) is 10.5 Å². The number of likely N-dealkylation sites (tertiary alicyclic amines) is 1. The Balaban J connectivity index is 1.64. The minimum absolute atomic E-state index is 0.371. The zero-order valence-corrected chi connectivity index (χ0v) is 12.8. The maximum Gasteiger partial charge on any atom is 0.120 e. The van der Waals surface area contributed by atoms with Crippen LogP contribution in [0.5, 0.6) is 5.75 Å². The molecule has 1 saturated heterocycles. The molecule has 100 valence electrons. The first kappa shape index (κ1) is 14.1. The molecule has 1 atom stereocenters. The van der Waals surface area contributed by atoms with Crippen molar-refractivity contribution in [3.05, 3.63) is 27.8 Å². The molecule has 0 spiro atoms. The van der Waals surface area contributed by atoms with Crippen LogP contribution in [-0.4, -0.2) is 37.2 Å². The number of nitrogens with two attached hydrogens (primary N) is 1. The van der Waals surface area contributed by atoms with Crippen LogP contribution in [0.2, 0.25) is 0 Å². The van der Waals surface area contributed by atoms with E-state index in [1.807, 2.05) is 12.1 Å². The topological polar surface area (TPSA) is 38.5 Å². The van der Waals surface area contributed by atoms with Gasteiger partial charge in [-0.15, -0.1) is 0 Å². The second-order valence-electron chi connectivity index (χ2n) is 4.86. The number of hydrogen-bond acceptors (Lipinski definition) is 3. The maximum absolute atomic E-state index is 5.96. The lowest BCUT2D eigenvalue weighted by atomic mass is 10.1. The van der Waals surface area contributed by atoms with Gasteiger partial charge < -0.3 is 15.4 Å². The van der Waals surface area contributed by atoms with Gasteiger partial charge in [-0.25, -0.2) is 0 Å². The highest BCUT2D eigenvalue weighted by Gasteiger charge is 2.15. The second kappa shape index (κ2) is 7.31. The molecule has 1 aromatic carbocycles. The molecule has 0 radical (unpaired) electrons. The lowest BCUT2D eigenvalue weighted by molar-refractivity contribution is 0.190. The van der Waals surface area contributed by atoms with Crippen molar-refractivity contribution in [3.8, 4) is 5.75 Å². The van der Waals surface area contributed by atoms with Crippen LogP contribution < -0.4 is 10.5 Å². The van der Waals surface area contributed by atoms with Crippen LogP contribution in [0.15, 0.2) is 24.3 Å². The Bertz CT molecular complexity index is 373. The minimum Gasteiger partial charge on any atom is -0.494 e. The summed E-state index contributed by atoms with van der Waals surface area (Å²) >= 11 is 2.30. The summed E-state index contributed by atoms with van der Waals surface area (Å²) in [7, 11) is 0. The molecule has 1 aliphatic rings. The highest BCUT2D eigenvalue weighted by molar-refractivity contribution is 14.1. The average Bonchev–Trinajstić information content (AvgIpc) is 2.35. The first-order valence-corrected chi connectivity index (χ1v) is 7.68. The van der Waals surface area contributed by atoms with Gasteiger partial charge in [0.15, 0.2) is 0 Å². The molecule has 18 heavy (non-hydrogen) atoms. The predicted molar refractivity (Wildman–Crippen MR) is 82.9 cm³/mol. The minimum atomic E-state index is 0.371. The number of hydrogen-bond donors (Lipinski definition) is 1. The lowest BCUT2D eigenvalue weighted by Crippen LogP contribution is -2.43. The Labute approximate surface area is 123 Å². The quantitative estimate of drug-likeness (QED) is 0.648. The first-order valence-electron chi connectivity index (χ1n) is 6.60. The molecule has 2 N–H and O–H groups in total. The van der Waals surface area contributed by atoms with Crippen LogP contribution in [0, 0.1) is 3.57 Å². The molecular weight excluding hydrogens is 339 g/mol. The van der Waals surface area contributed by atoms with E-state index in [1.165, 1.54) is 23.0 Å². The summed E-state index contributed by atoms with van der Waals surface area (Å²) in [6.45, 7) is 4.11. The van der Waals surface area contributed by atoms with Gasteiger partial charge in [-0.2, -0.15) is 0 Å². The smallest absolute Gasteiger partial charge is 0.120 e. The molecule has 0 bridgehead atoms. The Morgan fingerprint density at radius 3 is 3.11 bits per heavy atom. The molecule has 4 heteroatoms. The SMILES string of the molecule is NC1CCCN(CCCOc2cccc(I)c2)C1. The van der Waals surface area contributed by atoms with E-state index < -0.39 is 0 Å². The molecule has 2 rings (SSSR count). The van der Waals surface area contributed by atoms with Crippen LogP contribution in [0.1, 0.15) is 19.3 Å². The molecule has 1 heterocycles. The molecule has 1 fully saturated rings. The molecule has 0 aliphatic carbocycles. The second-order valence-corrected chi connectivity index (χ2v) is 6.11. The van der Waals surface area contributed by atoms with Gasteiger partial charge in [0.1, 0.15) is 5.75 Å². The summed E-state index contributed by atoms with van der Waals surface area (Å²) in [5, 5.41) is 0. The summed E-state index contributed by atoms with van der Waals surface area (Å²) in [6, 6.07) is 8.55. The van der Waals surface area contributed by atoms with Gasteiger partial charge >= 0.3 is 0 Å². The van der Waals surface area contributed by atoms with Crippen molar-refractivity contribution >= 4 is 22.6 Å².